The number of carboxylic acids is 1. The van der Waals surface area contributed by atoms with Crippen molar-refractivity contribution in [2.45, 2.75) is 52.9 Å². The minimum Gasteiger partial charge on any atom is -0.491 e. The van der Waals surface area contributed by atoms with Crippen LogP contribution in [-0.4, -0.2) is 29.2 Å². The molecule has 0 saturated carbocycles. The van der Waals surface area contributed by atoms with E-state index in [-0.39, 0.29) is 24.5 Å². The van der Waals surface area contributed by atoms with Gasteiger partial charge >= 0.3 is 5.97 Å². The second kappa shape index (κ2) is 9.06. The molecule has 33 heavy (non-hydrogen) atoms. The summed E-state index contributed by atoms with van der Waals surface area (Å²) in [5.41, 5.74) is 2.74. The Labute approximate surface area is 201 Å². The minimum absolute atomic E-state index is 0.0404. The molecule has 0 aromatic heterocycles. The summed E-state index contributed by atoms with van der Waals surface area (Å²) in [4.78, 5) is 26.6. The molecule has 0 saturated heterocycles. The zero-order chi connectivity index (χ0) is 23.9. The molecule has 3 aromatic rings. The lowest BCUT2D eigenvalue weighted by atomic mass is 9.98. The number of benzene rings is 3. The fraction of sp³-hybridized carbons (Fsp3) is 0.308. The van der Waals surface area contributed by atoms with Crippen LogP contribution >= 0.6 is 15.9 Å². The first-order valence-corrected chi connectivity index (χ1v) is 11.7. The number of anilines is 1. The van der Waals surface area contributed by atoms with E-state index in [2.05, 4.69) is 15.9 Å². The first-order chi connectivity index (χ1) is 15.7. The van der Waals surface area contributed by atoms with Crippen molar-refractivity contribution >= 4 is 44.3 Å². The van der Waals surface area contributed by atoms with E-state index in [4.69, 9.17) is 14.6 Å². The summed E-state index contributed by atoms with van der Waals surface area (Å²) in [5, 5.41) is 10.7. The van der Waals surface area contributed by atoms with Crippen LogP contribution in [0.15, 0.2) is 46.9 Å². The molecule has 1 heterocycles. The molecule has 4 rings (SSSR count). The van der Waals surface area contributed by atoms with E-state index in [1.807, 2.05) is 52.0 Å². The lowest BCUT2D eigenvalue weighted by molar-refractivity contribution is -0.136. The maximum absolute atomic E-state index is 13.8. The highest BCUT2D eigenvalue weighted by molar-refractivity contribution is 9.10. The van der Waals surface area contributed by atoms with Crippen molar-refractivity contribution in [3.8, 4) is 11.5 Å². The fourth-order valence-electron chi connectivity index (χ4n) is 4.16. The Kier molecular flexibility index (Phi) is 6.34. The maximum atomic E-state index is 13.8. The van der Waals surface area contributed by atoms with Gasteiger partial charge in [-0.3, -0.25) is 9.59 Å². The van der Waals surface area contributed by atoms with Crippen molar-refractivity contribution in [3.05, 3.63) is 63.6 Å². The standard InChI is InChI=1S/C26H26BrNO5/c1-14(2)32-21-7-5-6-17-12-22(33-15(3)4)18-13-28(26(31)25(18)24(17)21)20-9-8-16(10-19(20)27)11-23(29)30/h5-10,12,14-15H,11,13H2,1-4H3,(H,29,30). The molecule has 7 heteroatoms. The molecule has 1 aliphatic rings. The number of rotatable bonds is 7. The summed E-state index contributed by atoms with van der Waals surface area (Å²) in [5.74, 6) is 0.305. The first kappa shape index (κ1) is 23.1. The fourth-order valence-corrected chi connectivity index (χ4v) is 4.80. The number of carbonyl (C=O) groups excluding carboxylic acids is 1. The number of halogens is 1. The number of hydrogen-bond donors (Lipinski definition) is 1. The molecule has 3 aromatic carbocycles. The molecule has 6 nitrogen and oxygen atoms in total. The Bertz CT molecular complexity index is 1250. The topological polar surface area (TPSA) is 76.1 Å². The molecule has 1 N–H and O–H groups in total. The van der Waals surface area contributed by atoms with Crippen LogP contribution in [0.25, 0.3) is 10.8 Å². The van der Waals surface area contributed by atoms with E-state index < -0.39 is 5.97 Å². The van der Waals surface area contributed by atoms with Crippen molar-refractivity contribution in [2.24, 2.45) is 0 Å². The van der Waals surface area contributed by atoms with Gasteiger partial charge < -0.3 is 19.5 Å². The monoisotopic (exact) mass is 511 g/mol. The van der Waals surface area contributed by atoms with Gasteiger partial charge in [0.2, 0.25) is 0 Å². The average molecular weight is 512 g/mol. The van der Waals surface area contributed by atoms with Crippen LogP contribution < -0.4 is 14.4 Å². The summed E-state index contributed by atoms with van der Waals surface area (Å²) < 4.78 is 12.8. The largest absolute Gasteiger partial charge is 0.491 e. The zero-order valence-corrected chi connectivity index (χ0v) is 20.6. The van der Waals surface area contributed by atoms with Crippen molar-refractivity contribution in [1.82, 2.24) is 0 Å². The van der Waals surface area contributed by atoms with Gasteiger partial charge in [0.25, 0.3) is 5.91 Å². The summed E-state index contributed by atoms with van der Waals surface area (Å²) in [6.45, 7) is 8.18. The first-order valence-electron chi connectivity index (χ1n) is 10.9. The van der Waals surface area contributed by atoms with Crippen LogP contribution in [0.2, 0.25) is 0 Å². The second-order valence-electron chi connectivity index (χ2n) is 8.66. The van der Waals surface area contributed by atoms with E-state index in [1.54, 1.807) is 23.1 Å². The molecule has 0 spiro atoms. The van der Waals surface area contributed by atoms with Gasteiger partial charge in [0.05, 0.1) is 36.4 Å². The van der Waals surface area contributed by atoms with Crippen molar-refractivity contribution in [1.29, 1.82) is 0 Å². The quantitative estimate of drug-likeness (QED) is 0.423. The normalized spacial score (nSPS) is 13.2. The predicted molar refractivity (Wildman–Crippen MR) is 131 cm³/mol. The Hall–Kier alpha value is -3.06. The number of carboxylic acid groups (broad SMARTS) is 1. The molecule has 172 valence electrons. The molecule has 1 aliphatic heterocycles. The van der Waals surface area contributed by atoms with Gasteiger partial charge in [0, 0.05) is 15.4 Å². The third kappa shape index (κ3) is 4.55. The molecular formula is C26H26BrNO5. The van der Waals surface area contributed by atoms with Crippen LogP contribution in [0.4, 0.5) is 5.69 Å². The molecule has 1 amide bonds. The number of fused-ring (bicyclic) bond motifs is 3. The van der Waals surface area contributed by atoms with Gasteiger partial charge in [-0.1, -0.05) is 18.2 Å². The zero-order valence-electron chi connectivity index (χ0n) is 19.0. The number of aliphatic carboxylic acids is 1. The van der Waals surface area contributed by atoms with Gasteiger partial charge in [-0.05, 0) is 78.8 Å². The molecule has 0 radical (unpaired) electrons. The van der Waals surface area contributed by atoms with Gasteiger partial charge in [-0.2, -0.15) is 0 Å². The summed E-state index contributed by atoms with van der Waals surface area (Å²) >= 11 is 3.53. The van der Waals surface area contributed by atoms with Gasteiger partial charge in [0.1, 0.15) is 11.5 Å². The Balaban J connectivity index is 1.86. The van der Waals surface area contributed by atoms with Crippen LogP contribution in [0.3, 0.4) is 0 Å². The predicted octanol–water partition coefficient (Wildman–Crippen LogP) is 5.96. The van der Waals surface area contributed by atoms with E-state index in [0.29, 0.717) is 39.3 Å². The highest BCUT2D eigenvalue weighted by Gasteiger charge is 2.35. The summed E-state index contributed by atoms with van der Waals surface area (Å²) in [6.07, 6.45) is -0.172. The van der Waals surface area contributed by atoms with Gasteiger partial charge in [-0.25, -0.2) is 0 Å². The number of hydrogen-bond acceptors (Lipinski definition) is 4. The highest BCUT2D eigenvalue weighted by atomic mass is 79.9. The maximum Gasteiger partial charge on any atom is 0.307 e. The van der Waals surface area contributed by atoms with Crippen LogP contribution in [-0.2, 0) is 17.8 Å². The van der Waals surface area contributed by atoms with Crippen molar-refractivity contribution < 1.29 is 24.2 Å². The van der Waals surface area contributed by atoms with E-state index >= 15 is 0 Å². The Morgan fingerprint density at radius 3 is 2.39 bits per heavy atom. The molecule has 0 unspecified atom stereocenters. The molecule has 0 bridgehead atoms. The SMILES string of the molecule is CC(C)Oc1cc2cccc(OC(C)C)c2c2c1CN(c1ccc(CC(=O)O)cc1Br)C2=O. The van der Waals surface area contributed by atoms with Crippen LogP contribution in [0.5, 0.6) is 11.5 Å². The molecule has 0 aliphatic carbocycles. The summed E-state index contributed by atoms with van der Waals surface area (Å²) in [6, 6.07) is 13.0. The van der Waals surface area contributed by atoms with Gasteiger partial charge in [0.15, 0.2) is 0 Å². The lowest BCUT2D eigenvalue weighted by Crippen LogP contribution is -2.23. The minimum atomic E-state index is -0.904. The molecule has 0 atom stereocenters. The third-order valence-electron chi connectivity index (χ3n) is 5.35. The number of amides is 1. The van der Waals surface area contributed by atoms with Crippen molar-refractivity contribution in [3.63, 3.8) is 0 Å². The highest BCUT2D eigenvalue weighted by Crippen LogP contribution is 2.44. The van der Waals surface area contributed by atoms with E-state index in [0.717, 1.165) is 16.3 Å². The Morgan fingerprint density at radius 1 is 1.06 bits per heavy atom. The third-order valence-corrected chi connectivity index (χ3v) is 5.99. The van der Waals surface area contributed by atoms with E-state index in [1.165, 1.54) is 0 Å². The summed E-state index contributed by atoms with van der Waals surface area (Å²) in [7, 11) is 0. The number of carbonyl (C=O) groups is 2. The Morgan fingerprint density at radius 2 is 1.76 bits per heavy atom. The number of nitrogens with zero attached hydrogens (tertiary/aromatic N) is 1. The average Bonchev–Trinajstić information content (AvgIpc) is 3.04. The van der Waals surface area contributed by atoms with E-state index in [9.17, 15) is 9.59 Å². The second-order valence-corrected chi connectivity index (χ2v) is 9.52. The lowest BCUT2D eigenvalue weighted by Gasteiger charge is -2.18. The van der Waals surface area contributed by atoms with Gasteiger partial charge in [-0.15, -0.1) is 0 Å². The van der Waals surface area contributed by atoms with Crippen molar-refractivity contribution in [2.75, 3.05) is 4.90 Å². The van der Waals surface area contributed by atoms with Crippen LogP contribution in [0.1, 0.15) is 49.2 Å². The molecular weight excluding hydrogens is 486 g/mol. The van der Waals surface area contributed by atoms with Crippen LogP contribution in [0, 0.1) is 0 Å². The number of ether oxygens (including phenoxy) is 2. The smallest absolute Gasteiger partial charge is 0.307 e. The molecule has 0 fully saturated rings.